The van der Waals surface area contributed by atoms with Crippen LogP contribution in [0.15, 0.2) is 22.2 Å². The number of hydrogen-bond donors (Lipinski definition) is 0. The molecule has 1 aromatic rings. The Morgan fingerprint density at radius 1 is 1.41 bits per heavy atom. The smallest absolute Gasteiger partial charge is 0.317 e. The van der Waals surface area contributed by atoms with Gasteiger partial charge in [0.2, 0.25) is 5.78 Å². The van der Waals surface area contributed by atoms with E-state index < -0.39 is 11.7 Å². The van der Waals surface area contributed by atoms with Crippen LogP contribution in [0.2, 0.25) is 0 Å². The summed E-state index contributed by atoms with van der Waals surface area (Å²) in [6.45, 7) is 0. The van der Waals surface area contributed by atoms with E-state index >= 15 is 0 Å². The number of benzene rings is 1. The van der Waals surface area contributed by atoms with Crippen molar-refractivity contribution in [3.05, 3.63) is 33.2 Å². The van der Waals surface area contributed by atoms with Crippen molar-refractivity contribution in [3.63, 3.8) is 0 Å². The molecule has 0 saturated carbocycles. The Hall–Kier alpha value is -2.66. The molecule has 0 unspecified atom stereocenters. The Kier molecular flexibility index (Phi) is 2.60. The first-order chi connectivity index (χ1) is 8.15. The number of azide groups is 1. The molecule has 1 aromatic carbocycles. The van der Waals surface area contributed by atoms with E-state index in [1.165, 1.54) is 19.2 Å². The molecule has 84 valence electrons. The number of rotatable bonds is 2. The van der Waals surface area contributed by atoms with Gasteiger partial charge in [0.15, 0.2) is 0 Å². The lowest BCUT2D eigenvalue weighted by molar-refractivity contribution is -0.132. The number of Topliss-reactive ketones (excluding diaryl/α,β-unsaturated/α-hetero) is 1. The lowest BCUT2D eigenvalue weighted by atomic mass is 10.1. The van der Waals surface area contributed by atoms with Crippen LogP contribution in [0, 0.1) is 0 Å². The number of carbonyl (C=O) groups excluding carboxylic acids is 2. The van der Waals surface area contributed by atoms with Gasteiger partial charge in [-0.2, -0.15) is 0 Å². The Balaban J connectivity index is 2.81. The van der Waals surface area contributed by atoms with Gasteiger partial charge >= 0.3 is 5.91 Å². The Morgan fingerprint density at radius 2 is 2.18 bits per heavy atom. The number of methoxy groups -OCH3 is 1. The van der Waals surface area contributed by atoms with Gasteiger partial charge in [0.25, 0.3) is 0 Å². The zero-order chi connectivity index (χ0) is 12.4. The molecule has 1 amide bonds. The fourth-order valence-corrected chi connectivity index (χ4v) is 1.44. The van der Waals surface area contributed by atoms with Gasteiger partial charge in [-0.15, -0.1) is 0 Å². The summed E-state index contributed by atoms with van der Waals surface area (Å²) in [6, 6.07) is 2.89. The first-order valence-electron chi connectivity index (χ1n) is 4.57. The number of amides is 1. The van der Waals surface area contributed by atoms with Crippen LogP contribution in [0.4, 0.5) is 5.69 Å². The van der Waals surface area contributed by atoms with Gasteiger partial charge in [0, 0.05) is 22.3 Å². The van der Waals surface area contributed by atoms with Crippen LogP contribution in [0.3, 0.4) is 0 Å². The minimum atomic E-state index is -0.823. The van der Waals surface area contributed by atoms with Gasteiger partial charge in [-0.3, -0.25) is 9.59 Å². The van der Waals surface area contributed by atoms with Gasteiger partial charge < -0.3 is 4.74 Å². The minimum absolute atomic E-state index is 0.238. The van der Waals surface area contributed by atoms with Crippen molar-refractivity contribution >= 4 is 23.5 Å². The van der Waals surface area contributed by atoms with Crippen molar-refractivity contribution < 1.29 is 14.3 Å². The SMILES string of the molecule is COc1cc2c(cc1N=[N+]=[N-])=CC(=O)C(=O)N=2. The monoisotopic (exact) mass is 230 g/mol. The summed E-state index contributed by atoms with van der Waals surface area (Å²) in [5.74, 6) is -1.23. The van der Waals surface area contributed by atoms with Gasteiger partial charge in [0.05, 0.1) is 18.2 Å². The molecular formula is C10H6N4O3. The normalized spacial score (nSPS) is 13.0. The second kappa shape index (κ2) is 4.07. The molecule has 0 aliphatic carbocycles. The minimum Gasteiger partial charge on any atom is -0.496 e. The Morgan fingerprint density at radius 3 is 2.82 bits per heavy atom. The number of ketones is 1. The van der Waals surface area contributed by atoms with E-state index in [1.54, 1.807) is 0 Å². The summed E-state index contributed by atoms with van der Waals surface area (Å²) >= 11 is 0. The van der Waals surface area contributed by atoms with Crippen molar-refractivity contribution in [2.45, 2.75) is 0 Å². The highest BCUT2D eigenvalue weighted by atomic mass is 16.5. The average Bonchev–Trinajstić information content (AvgIpc) is 2.31. The maximum atomic E-state index is 11.1. The summed E-state index contributed by atoms with van der Waals surface area (Å²) < 4.78 is 4.99. The fraction of sp³-hybridized carbons (Fsp3) is 0.100. The topological polar surface area (TPSA) is 104 Å². The fourth-order valence-electron chi connectivity index (χ4n) is 1.44. The first kappa shape index (κ1) is 10.8. The molecule has 0 aromatic heterocycles. The molecule has 0 atom stereocenters. The van der Waals surface area contributed by atoms with Crippen molar-refractivity contribution in [1.82, 2.24) is 0 Å². The molecular weight excluding hydrogens is 224 g/mol. The molecule has 17 heavy (non-hydrogen) atoms. The van der Waals surface area contributed by atoms with E-state index in [0.717, 1.165) is 6.08 Å². The van der Waals surface area contributed by atoms with Crippen molar-refractivity contribution in [3.8, 4) is 5.75 Å². The molecule has 0 bridgehead atoms. The molecule has 1 heterocycles. The highest BCUT2D eigenvalue weighted by Gasteiger charge is 2.14. The van der Waals surface area contributed by atoms with Crippen LogP contribution < -0.4 is 15.3 Å². The molecule has 2 rings (SSSR count). The third-order valence-electron chi connectivity index (χ3n) is 2.20. The molecule has 1 aliphatic rings. The second-order valence-electron chi connectivity index (χ2n) is 3.20. The number of hydrogen-bond acceptors (Lipinski definition) is 4. The van der Waals surface area contributed by atoms with Crippen LogP contribution >= 0.6 is 0 Å². The van der Waals surface area contributed by atoms with Crippen LogP contribution in [0.1, 0.15) is 0 Å². The van der Waals surface area contributed by atoms with Crippen molar-refractivity contribution in [2.24, 2.45) is 10.1 Å². The zero-order valence-corrected chi connectivity index (χ0v) is 8.75. The van der Waals surface area contributed by atoms with Gasteiger partial charge in [-0.25, -0.2) is 4.99 Å². The van der Waals surface area contributed by atoms with E-state index in [0.29, 0.717) is 16.3 Å². The molecule has 0 fully saturated rings. The molecule has 0 N–H and O–H groups in total. The highest BCUT2D eigenvalue weighted by molar-refractivity contribution is 6.48. The van der Waals surface area contributed by atoms with Crippen molar-refractivity contribution in [2.75, 3.05) is 7.11 Å². The van der Waals surface area contributed by atoms with E-state index in [9.17, 15) is 9.59 Å². The van der Waals surface area contributed by atoms with Gasteiger partial charge in [0.1, 0.15) is 5.75 Å². The molecule has 7 heteroatoms. The largest absolute Gasteiger partial charge is 0.496 e. The average molecular weight is 230 g/mol. The molecule has 0 radical (unpaired) electrons. The first-order valence-corrected chi connectivity index (χ1v) is 4.57. The number of ether oxygens (including phenoxy) is 1. The predicted octanol–water partition coefficient (Wildman–Crippen LogP) is 0.146. The van der Waals surface area contributed by atoms with Gasteiger partial charge in [-0.05, 0) is 11.6 Å². The molecule has 0 spiro atoms. The third-order valence-corrected chi connectivity index (χ3v) is 2.20. The van der Waals surface area contributed by atoms with Crippen molar-refractivity contribution in [1.29, 1.82) is 0 Å². The number of carbonyl (C=O) groups is 2. The lowest BCUT2D eigenvalue weighted by Gasteiger charge is -2.05. The van der Waals surface area contributed by atoms with Crippen LogP contribution in [-0.4, -0.2) is 18.8 Å². The van der Waals surface area contributed by atoms with E-state index in [1.807, 2.05) is 0 Å². The predicted molar refractivity (Wildman–Crippen MR) is 57.1 cm³/mol. The summed E-state index contributed by atoms with van der Waals surface area (Å²) in [4.78, 5) is 28.5. The molecule has 1 aliphatic heterocycles. The standard InChI is InChI=1S/C10H6N4O3/c1-17-9-4-6-5(2-7(9)13-14-11)3-8(15)10(16)12-6/h2-4H,1H3. The van der Waals surface area contributed by atoms with Crippen LogP contribution in [0.25, 0.3) is 16.5 Å². The maximum Gasteiger partial charge on any atom is 0.317 e. The van der Waals surface area contributed by atoms with Gasteiger partial charge in [-0.1, -0.05) is 5.11 Å². The zero-order valence-electron chi connectivity index (χ0n) is 8.75. The second-order valence-corrected chi connectivity index (χ2v) is 3.20. The third kappa shape index (κ3) is 1.86. The van der Waals surface area contributed by atoms with E-state index in [-0.39, 0.29) is 5.69 Å². The van der Waals surface area contributed by atoms with Crippen LogP contribution in [0.5, 0.6) is 5.75 Å². The molecule has 0 saturated heterocycles. The van der Waals surface area contributed by atoms with E-state index in [4.69, 9.17) is 10.3 Å². The highest BCUT2D eigenvalue weighted by Crippen LogP contribution is 2.23. The van der Waals surface area contributed by atoms with E-state index in [2.05, 4.69) is 15.0 Å². The number of fused-ring (bicyclic) bond motifs is 1. The molecule has 7 nitrogen and oxygen atoms in total. The summed E-state index contributed by atoms with van der Waals surface area (Å²) in [7, 11) is 1.40. The summed E-state index contributed by atoms with van der Waals surface area (Å²) in [6.07, 6.45) is 1.15. The summed E-state index contributed by atoms with van der Waals surface area (Å²) in [5, 5.41) is 4.18. The van der Waals surface area contributed by atoms with Crippen LogP contribution in [-0.2, 0) is 9.59 Å². The Bertz CT molecular complexity index is 686. The quantitative estimate of drug-likeness (QED) is 0.312. The maximum absolute atomic E-state index is 11.1. The Labute approximate surface area is 94.7 Å². The lowest BCUT2D eigenvalue weighted by Crippen LogP contribution is -2.33. The number of nitrogens with zero attached hydrogens (tertiary/aromatic N) is 4. The summed E-state index contributed by atoms with van der Waals surface area (Å²) in [5.41, 5.74) is 8.62.